The standard InChI is InChI=1S/C36H38N6O8S/c1-36(2,3)23-12-15-25(16-13-23)51(44,45)42-32-31(50-29-11-8-7-10-28(29)48-6)35(41-34(40-32)33-37-19-9-20-38-33)49-21-18-30(43)39-26-22-24(46-4)14-17-27(26)47-5/h7-17,19-20,22H,18,21H2,1-6H3,(H,39,43)(H,40,41,42). The zero-order chi connectivity index (χ0) is 36.6. The summed E-state index contributed by atoms with van der Waals surface area (Å²) in [6, 6.07) is 19.9. The van der Waals surface area contributed by atoms with Gasteiger partial charge in [-0.15, -0.1) is 0 Å². The molecule has 1 amide bonds. The van der Waals surface area contributed by atoms with Gasteiger partial charge in [-0.05, 0) is 53.4 Å². The number of hydrogen-bond acceptors (Lipinski definition) is 12. The van der Waals surface area contributed by atoms with Crippen molar-refractivity contribution in [2.75, 3.05) is 38.0 Å². The second-order valence-corrected chi connectivity index (χ2v) is 13.6. The molecule has 0 bridgehead atoms. The van der Waals surface area contributed by atoms with Gasteiger partial charge in [-0.3, -0.25) is 9.52 Å². The first-order chi connectivity index (χ1) is 24.4. The van der Waals surface area contributed by atoms with Gasteiger partial charge < -0.3 is 29.0 Å². The van der Waals surface area contributed by atoms with Crippen molar-refractivity contribution in [2.24, 2.45) is 0 Å². The Labute approximate surface area is 296 Å². The zero-order valence-electron chi connectivity index (χ0n) is 29.0. The number of carbonyl (C=O) groups excluding carboxylic acids is 1. The van der Waals surface area contributed by atoms with E-state index in [1.165, 1.54) is 45.9 Å². The van der Waals surface area contributed by atoms with Crippen molar-refractivity contribution < 1.29 is 36.9 Å². The molecule has 2 aromatic heterocycles. The average molecular weight is 715 g/mol. The number of methoxy groups -OCH3 is 3. The van der Waals surface area contributed by atoms with Gasteiger partial charge in [0.15, 0.2) is 23.1 Å². The van der Waals surface area contributed by atoms with Crippen LogP contribution in [0.4, 0.5) is 11.5 Å². The fourth-order valence-electron chi connectivity index (χ4n) is 4.70. The first-order valence-electron chi connectivity index (χ1n) is 15.7. The number of carbonyl (C=O) groups is 1. The summed E-state index contributed by atoms with van der Waals surface area (Å²) in [6.07, 6.45) is 2.84. The Kier molecular flexibility index (Phi) is 11.2. The van der Waals surface area contributed by atoms with Crippen molar-refractivity contribution >= 4 is 27.4 Å². The molecular weight excluding hydrogens is 676 g/mol. The van der Waals surface area contributed by atoms with Gasteiger partial charge in [0, 0.05) is 18.5 Å². The molecule has 0 aliphatic carbocycles. The summed E-state index contributed by atoms with van der Waals surface area (Å²) in [6.45, 7) is 5.90. The molecule has 0 aliphatic heterocycles. The number of benzene rings is 3. The summed E-state index contributed by atoms with van der Waals surface area (Å²) in [5.41, 5.74) is 1.17. The molecule has 5 rings (SSSR count). The maximum absolute atomic E-state index is 13.8. The Morgan fingerprint density at radius 2 is 1.47 bits per heavy atom. The minimum atomic E-state index is -4.24. The van der Waals surface area contributed by atoms with Crippen LogP contribution in [0, 0.1) is 0 Å². The smallest absolute Gasteiger partial charge is 0.263 e. The fraction of sp³-hybridized carbons (Fsp3) is 0.250. The number of anilines is 2. The van der Waals surface area contributed by atoms with Gasteiger partial charge in [-0.25, -0.2) is 23.4 Å². The van der Waals surface area contributed by atoms with Gasteiger partial charge in [0.2, 0.25) is 17.5 Å². The normalized spacial score (nSPS) is 11.3. The van der Waals surface area contributed by atoms with E-state index < -0.39 is 15.9 Å². The second-order valence-electron chi connectivity index (χ2n) is 11.9. The number of sulfonamides is 1. The van der Waals surface area contributed by atoms with Crippen LogP contribution in [0.25, 0.3) is 11.6 Å². The third kappa shape index (κ3) is 8.99. The van der Waals surface area contributed by atoms with Crippen molar-refractivity contribution in [1.29, 1.82) is 0 Å². The largest absolute Gasteiger partial charge is 0.497 e. The second kappa shape index (κ2) is 15.7. The van der Waals surface area contributed by atoms with Crippen molar-refractivity contribution in [1.82, 2.24) is 19.9 Å². The van der Waals surface area contributed by atoms with Crippen LogP contribution in [0.5, 0.6) is 34.6 Å². The van der Waals surface area contributed by atoms with Gasteiger partial charge >= 0.3 is 0 Å². The van der Waals surface area contributed by atoms with Gasteiger partial charge in [-0.1, -0.05) is 45.0 Å². The number of nitrogens with one attached hydrogen (secondary N) is 2. The molecule has 2 heterocycles. The molecule has 0 saturated heterocycles. The first-order valence-corrected chi connectivity index (χ1v) is 17.2. The highest BCUT2D eigenvalue weighted by atomic mass is 32.2. The van der Waals surface area contributed by atoms with Crippen LogP contribution in [-0.4, -0.2) is 62.2 Å². The van der Waals surface area contributed by atoms with E-state index >= 15 is 0 Å². The van der Waals surface area contributed by atoms with Crippen LogP contribution in [0.1, 0.15) is 32.8 Å². The quantitative estimate of drug-likeness (QED) is 0.132. The van der Waals surface area contributed by atoms with Crippen LogP contribution in [-0.2, 0) is 20.2 Å². The van der Waals surface area contributed by atoms with Crippen molar-refractivity contribution in [3.63, 3.8) is 0 Å². The predicted octanol–water partition coefficient (Wildman–Crippen LogP) is 6.26. The minimum absolute atomic E-state index is 0.0121. The molecule has 0 atom stereocenters. The molecule has 0 saturated carbocycles. The van der Waals surface area contributed by atoms with E-state index in [-0.39, 0.29) is 58.2 Å². The number of rotatable bonds is 14. The molecule has 2 N–H and O–H groups in total. The molecule has 3 aromatic carbocycles. The van der Waals surface area contributed by atoms with E-state index in [1.807, 2.05) is 20.8 Å². The lowest BCUT2D eigenvalue weighted by Crippen LogP contribution is -2.18. The highest BCUT2D eigenvalue weighted by molar-refractivity contribution is 7.92. The highest BCUT2D eigenvalue weighted by Gasteiger charge is 2.27. The summed E-state index contributed by atoms with van der Waals surface area (Å²) in [5, 5.41) is 2.79. The van der Waals surface area contributed by atoms with E-state index in [0.717, 1.165) is 5.56 Å². The first kappa shape index (κ1) is 36.3. The predicted molar refractivity (Wildman–Crippen MR) is 190 cm³/mol. The summed E-state index contributed by atoms with van der Waals surface area (Å²) in [7, 11) is 0.227. The third-order valence-electron chi connectivity index (χ3n) is 7.39. The monoisotopic (exact) mass is 714 g/mol. The summed E-state index contributed by atoms with van der Waals surface area (Å²) in [5.74, 6) is 0.492. The van der Waals surface area contributed by atoms with Crippen molar-refractivity contribution in [3.05, 3.63) is 90.8 Å². The summed E-state index contributed by atoms with van der Waals surface area (Å²) in [4.78, 5) is 30.5. The molecular formula is C36H38N6O8S. The minimum Gasteiger partial charge on any atom is -0.497 e. The maximum atomic E-state index is 13.8. The van der Waals surface area contributed by atoms with E-state index in [2.05, 4.69) is 30.0 Å². The maximum Gasteiger partial charge on any atom is 0.263 e. The zero-order valence-corrected chi connectivity index (χ0v) is 29.8. The number of para-hydroxylation sites is 2. The molecule has 0 fully saturated rings. The van der Waals surface area contributed by atoms with Crippen molar-refractivity contribution in [3.8, 4) is 46.3 Å². The number of nitrogens with zero attached hydrogens (tertiary/aromatic N) is 4. The third-order valence-corrected chi connectivity index (χ3v) is 8.75. The lowest BCUT2D eigenvalue weighted by molar-refractivity contribution is -0.116. The Balaban J connectivity index is 1.53. The Bertz CT molecular complexity index is 2090. The summed E-state index contributed by atoms with van der Waals surface area (Å²) >= 11 is 0. The topological polar surface area (TPSA) is 173 Å². The number of aromatic nitrogens is 4. The molecule has 0 unspecified atom stereocenters. The SMILES string of the molecule is COc1ccc(OC)c(NC(=O)CCOc2nc(-c3ncccn3)nc(NS(=O)(=O)c3ccc(C(C)(C)C)cc3)c2Oc2ccccc2OC)c1. The van der Waals surface area contributed by atoms with Gasteiger partial charge in [-0.2, -0.15) is 4.98 Å². The molecule has 5 aromatic rings. The van der Waals surface area contributed by atoms with Crippen LogP contribution >= 0.6 is 0 Å². The Hall–Kier alpha value is -5.96. The average Bonchev–Trinajstić information content (AvgIpc) is 3.12. The van der Waals surface area contributed by atoms with Crippen LogP contribution in [0.2, 0.25) is 0 Å². The van der Waals surface area contributed by atoms with E-state index in [4.69, 9.17) is 23.7 Å². The number of hydrogen-bond donors (Lipinski definition) is 2. The van der Waals surface area contributed by atoms with Crippen LogP contribution in [0.15, 0.2) is 90.1 Å². The highest BCUT2D eigenvalue weighted by Crippen LogP contribution is 2.41. The van der Waals surface area contributed by atoms with E-state index in [9.17, 15) is 13.2 Å². The van der Waals surface area contributed by atoms with Gasteiger partial charge in [0.1, 0.15) is 11.5 Å². The molecule has 0 radical (unpaired) electrons. The molecule has 266 valence electrons. The lowest BCUT2D eigenvalue weighted by Gasteiger charge is -2.20. The lowest BCUT2D eigenvalue weighted by atomic mass is 9.87. The molecule has 0 aliphatic rings. The molecule has 14 nitrogen and oxygen atoms in total. The summed E-state index contributed by atoms with van der Waals surface area (Å²) < 4.78 is 58.6. The van der Waals surface area contributed by atoms with Crippen LogP contribution < -0.4 is 33.7 Å². The number of ether oxygens (including phenoxy) is 5. The molecule has 0 spiro atoms. The number of amides is 1. The molecule has 15 heteroatoms. The fourth-order valence-corrected chi connectivity index (χ4v) is 5.71. The van der Waals surface area contributed by atoms with Gasteiger partial charge in [0.05, 0.1) is 44.9 Å². The van der Waals surface area contributed by atoms with Crippen LogP contribution in [0.3, 0.4) is 0 Å². The van der Waals surface area contributed by atoms with E-state index in [1.54, 1.807) is 60.7 Å². The Morgan fingerprint density at radius 3 is 2.12 bits per heavy atom. The van der Waals surface area contributed by atoms with Gasteiger partial charge in [0.25, 0.3) is 15.9 Å². The Morgan fingerprint density at radius 1 is 0.784 bits per heavy atom. The molecule has 51 heavy (non-hydrogen) atoms. The van der Waals surface area contributed by atoms with Crippen molar-refractivity contribution in [2.45, 2.75) is 37.5 Å². The van der Waals surface area contributed by atoms with E-state index in [0.29, 0.717) is 22.9 Å².